The monoisotopic (exact) mass is 466 g/mol. The number of rotatable bonds is 5. The van der Waals surface area contributed by atoms with Crippen LogP contribution in [0.5, 0.6) is 0 Å². The zero-order valence-corrected chi connectivity index (χ0v) is 21.0. The molecule has 3 heterocycles. The van der Waals surface area contributed by atoms with Crippen molar-refractivity contribution in [1.29, 1.82) is 0 Å². The molecule has 1 aromatic rings. The standard InChI is InChI=1S/C28H40N3O3/c1-28(2,3)20-9-7-19(8-10-20)27(33)30-17-23-22(24(23)18-30)16-29-26(32)25-6-4-5-13-31(25)21-11-14-34-15-12-21/h4,7-10,21-25H,5-6,11-18H2,1-3H3,(H,29,32). The van der Waals surface area contributed by atoms with Crippen molar-refractivity contribution < 1.29 is 14.3 Å². The summed E-state index contributed by atoms with van der Waals surface area (Å²) in [5.41, 5.74) is 2.11. The number of piperidine rings is 2. The van der Waals surface area contributed by atoms with Crippen LogP contribution in [0.1, 0.15) is 62.4 Å². The third kappa shape index (κ3) is 4.90. The smallest absolute Gasteiger partial charge is 0.253 e. The van der Waals surface area contributed by atoms with E-state index in [1.807, 2.05) is 17.0 Å². The fourth-order valence-electron chi connectivity index (χ4n) is 6.27. The van der Waals surface area contributed by atoms with Crippen molar-refractivity contribution in [3.8, 4) is 0 Å². The highest BCUT2D eigenvalue weighted by Gasteiger charge is 2.56. The Bertz CT molecular complexity index is 875. The zero-order chi connectivity index (χ0) is 23.9. The number of carbonyl (C=O) groups excluding carboxylic acids is 2. The lowest BCUT2D eigenvalue weighted by Crippen LogP contribution is -2.55. The lowest BCUT2D eigenvalue weighted by molar-refractivity contribution is -0.129. The van der Waals surface area contributed by atoms with E-state index in [2.05, 4.69) is 49.5 Å². The Labute approximate surface area is 204 Å². The first-order valence-electron chi connectivity index (χ1n) is 13.2. The number of amides is 2. The molecule has 1 N–H and O–H groups in total. The summed E-state index contributed by atoms with van der Waals surface area (Å²) in [7, 11) is 0. The third-order valence-electron chi connectivity index (χ3n) is 8.51. The summed E-state index contributed by atoms with van der Waals surface area (Å²) in [6, 6.07) is 8.52. The van der Waals surface area contributed by atoms with Gasteiger partial charge in [-0.05, 0) is 79.5 Å². The minimum atomic E-state index is -0.0374. The summed E-state index contributed by atoms with van der Waals surface area (Å²) in [5.74, 6) is 1.89. The lowest BCUT2D eigenvalue weighted by Gasteiger charge is -2.41. The number of benzene rings is 1. The van der Waals surface area contributed by atoms with Gasteiger partial charge in [0.25, 0.3) is 5.91 Å². The molecule has 3 saturated heterocycles. The second kappa shape index (κ2) is 9.62. The zero-order valence-electron chi connectivity index (χ0n) is 21.0. The molecule has 6 nitrogen and oxygen atoms in total. The van der Waals surface area contributed by atoms with Crippen LogP contribution >= 0.6 is 0 Å². The summed E-state index contributed by atoms with van der Waals surface area (Å²) in [6.07, 6.45) is 6.23. The Morgan fingerprint density at radius 2 is 1.74 bits per heavy atom. The van der Waals surface area contributed by atoms with Crippen molar-refractivity contribution in [2.75, 3.05) is 39.4 Å². The Morgan fingerprint density at radius 1 is 1.06 bits per heavy atom. The quantitative estimate of drug-likeness (QED) is 0.724. The average Bonchev–Trinajstić information content (AvgIpc) is 3.30. The van der Waals surface area contributed by atoms with Crippen LogP contribution in [0.2, 0.25) is 0 Å². The number of fused-ring (bicyclic) bond motifs is 1. The van der Waals surface area contributed by atoms with Gasteiger partial charge in [-0.3, -0.25) is 14.5 Å². The van der Waals surface area contributed by atoms with Crippen LogP contribution in [-0.4, -0.2) is 73.1 Å². The summed E-state index contributed by atoms with van der Waals surface area (Å²) < 4.78 is 5.53. The highest BCUT2D eigenvalue weighted by molar-refractivity contribution is 5.94. The maximum Gasteiger partial charge on any atom is 0.253 e. The predicted octanol–water partition coefficient (Wildman–Crippen LogP) is 3.27. The number of likely N-dealkylation sites (tertiary alicyclic amines) is 2. The molecular formula is C28H40N3O3. The van der Waals surface area contributed by atoms with Gasteiger partial charge in [0.05, 0.1) is 6.04 Å². The molecule has 3 aliphatic heterocycles. The first-order chi connectivity index (χ1) is 16.3. The minimum absolute atomic E-state index is 0.0374. The Morgan fingerprint density at radius 3 is 2.38 bits per heavy atom. The average molecular weight is 467 g/mol. The van der Waals surface area contributed by atoms with Gasteiger partial charge in [-0.1, -0.05) is 32.9 Å². The molecule has 4 fully saturated rings. The van der Waals surface area contributed by atoms with E-state index >= 15 is 0 Å². The molecule has 1 saturated carbocycles. The summed E-state index contributed by atoms with van der Waals surface area (Å²) >= 11 is 0. The number of hydrogen-bond acceptors (Lipinski definition) is 4. The number of ether oxygens (including phenoxy) is 1. The van der Waals surface area contributed by atoms with Gasteiger partial charge in [0.2, 0.25) is 5.91 Å². The second-order valence-electron chi connectivity index (χ2n) is 11.7. The first-order valence-corrected chi connectivity index (χ1v) is 13.2. The highest BCUT2D eigenvalue weighted by Crippen LogP contribution is 2.51. The van der Waals surface area contributed by atoms with Gasteiger partial charge in [0.15, 0.2) is 0 Å². The van der Waals surface area contributed by atoms with Crippen LogP contribution < -0.4 is 5.32 Å². The largest absolute Gasteiger partial charge is 0.381 e. The van der Waals surface area contributed by atoms with Gasteiger partial charge in [-0.15, -0.1) is 0 Å². The van der Waals surface area contributed by atoms with E-state index in [9.17, 15) is 9.59 Å². The van der Waals surface area contributed by atoms with Crippen LogP contribution in [0.4, 0.5) is 0 Å². The van der Waals surface area contributed by atoms with E-state index in [-0.39, 0.29) is 23.3 Å². The lowest BCUT2D eigenvalue weighted by atomic mass is 9.86. The van der Waals surface area contributed by atoms with Crippen LogP contribution in [0.25, 0.3) is 0 Å². The molecule has 0 aromatic heterocycles. The summed E-state index contributed by atoms with van der Waals surface area (Å²) in [6.45, 7) is 11.5. The molecule has 0 spiro atoms. The summed E-state index contributed by atoms with van der Waals surface area (Å²) in [4.78, 5) is 30.5. The van der Waals surface area contributed by atoms with Crippen molar-refractivity contribution in [2.24, 2.45) is 17.8 Å². The van der Waals surface area contributed by atoms with E-state index < -0.39 is 0 Å². The second-order valence-corrected chi connectivity index (χ2v) is 11.7. The van der Waals surface area contributed by atoms with Crippen molar-refractivity contribution in [1.82, 2.24) is 15.1 Å². The molecule has 1 aromatic carbocycles. The topological polar surface area (TPSA) is 61.9 Å². The van der Waals surface area contributed by atoms with Crippen LogP contribution in [0.15, 0.2) is 24.3 Å². The maximum atomic E-state index is 13.1. The highest BCUT2D eigenvalue weighted by atomic mass is 16.5. The minimum Gasteiger partial charge on any atom is -0.381 e. The van der Waals surface area contributed by atoms with E-state index in [0.29, 0.717) is 23.8 Å². The van der Waals surface area contributed by atoms with Crippen LogP contribution in [0.3, 0.4) is 0 Å². The SMILES string of the molecule is CC(C)(C)c1ccc(C(=O)N2CC3C(CNC(=O)C4C[CH]CCN4C4CCOCC4)C3C2)cc1. The number of carbonyl (C=O) groups is 2. The van der Waals surface area contributed by atoms with Gasteiger partial charge in [-0.2, -0.15) is 0 Å². The molecular weight excluding hydrogens is 426 g/mol. The Balaban J connectivity index is 1.09. The molecule has 4 aliphatic rings. The molecule has 6 heteroatoms. The number of nitrogens with zero attached hydrogens (tertiary/aromatic N) is 2. The number of nitrogens with one attached hydrogen (secondary N) is 1. The Hall–Kier alpha value is -1.92. The molecule has 3 atom stereocenters. The predicted molar refractivity (Wildman–Crippen MR) is 132 cm³/mol. The molecule has 34 heavy (non-hydrogen) atoms. The fourth-order valence-corrected chi connectivity index (χ4v) is 6.27. The van der Waals surface area contributed by atoms with Crippen molar-refractivity contribution in [3.05, 3.63) is 41.8 Å². The van der Waals surface area contributed by atoms with E-state index in [1.165, 1.54) is 5.56 Å². The van der Waals surface area contributed by atoms with Crippen molar-refractivity contribution >= 4 is 11.8 Å². The molecule has 2 amide bonds. The molecule has 1 aliphatic carbocycles. The van der Waals surface area contributed by atoms with Crippen molar-refractivity contribution in [3.63, 3.8) is 0 Å². The van der Waals surface area contributed by atoms with Gasteiger partial charge >= 0.3 is 0 Å². The Kier molecular flexibility index (Phi) is 6.73. The van der Waals surface area contributed by atoms with E-state index in [1.54, 1.807) is 0 Å². The van der Waals surface area contributed by atoms with Gasteiger partial charge < -0.3 is 15.0 Å². The maximum absolute atomic E-state index is 13.1. The van der Waals surface area contributed by atoms with Crippen LogP contribution in [-0.2, 0) is 14.9 Å². The van der Waals surface area contributed by atoms with Gasteiger partial charge in [-0.25, -0.2) is 0 Å². The molecule has 185 valence electrons. The van der Waals surface area contributed by atoms with Gasteiger partial charge in [0.1, 0.15) is 0 Å². The molecule has 1 radical (unpaired) electrons. The molecule has 3 unspecified atom stereocenters. The number of hydrogen-bond donors (Lipinski definition) is 1. The molecule has 5 rings (SSSR count). The summed E-state index contributed by atoms with van der Waals surface area (Å²) in [5, 5.41) is 3.27. The van der Waals surface area contributed by atoms with E-state index in [4.69, 9.17) is 4.74 Å². The van der Waals surface area contributed by atoms with E-state index in [0.717, 1.165) is 70.6 Å². The van der Waals surface area contributed by atoms with Crippen molar-refractivity contribution in [2.45, 2.75) is 64.0 Å². The third-order valence-corrected chi connectivity index (χ3v) is 8.51. The van der Waals surface area contributed by atoms with Gasteiger partial charge in [0, 0.05) is 44.5 Å². The first kappa shape index (κ1) is 23.8. The fraction of sp³-hybridized carbons (Fsp3) is 0.679. The molecule has 0 bridgehead atoms. The normalized spacial score (nSPS) is 30.1. The van der Waals surface area contributed by atoms with Crippen LogP contribution in [0, 0.1) is 24.2 Å².